The summed E-state index contributed by atoms with van der Waals surface area (Å²) < 4.78 is 5.90. The summed E-state index contributed by atoms with van der Waals surface area (Å²) in [6.07, 6.45) is 0. The second-order valence-electron chi connectivity index (χ2n) is 5.75. The molecule has 1 aromatic carbocycles. The highest BCUT2D eigenvalue weighted by Gasteiger charge is 2.14. The van der Waals surface area contributed by atoms with Gasteiger partial charge in [0.2, 0.25) is 0 Å². The Bertz CT molecular complexity index is 592. The highest BCUT2D eigenvalue weighted by atomic mass is 32.1. The normalized spacial score (nSPS) is 12.5. The number of hydrogen-bond donors (Lipinski definition) is 1. The van der Waals surface area contributed by atoms with Crippen LogP contribution in [0, 0.1) is 19.8 Å². The van der Waals surface area contributed by atoms with Crippen LogP contribution < -0.4 is 10.1 Å². The first-order valence-electron chi connectivity index (χ1n) is 7.39. The topological polar surface area (TPSA) is 34.2 Å². The number of aromatic nitrogens is 1. The van der Waals surface area contributed by atoms with Gasteiger partial charge < -0.3 is 10.1 Å². The lowest BCUT2D eigenvalue weighted by molar-refractivity contribution is 0.272. The van der Waals surface area contributed by atoms with E-state index in [9.17, 15) is 0 Å². The van der Waals surface area contributed by atoms with Crippen molar-refractivity contribution in [3.05, 3.63) is 39.8 Å². The Morgan fingerprint density at radius 1 is 1.19 bits per heavy atom. The lowest BCUT2D eigenvalue weighted by Gasteiger charge is -2.18. The van der Waals surface area contributed by atoms with Crippen LogP contribution in [0.1, 0.15) is 42.4 Å². The number of benzene rings is 1. The smallest absolute Gasteiger partial charge is 0.142 e. The first-order chi connectivity index (χ1) is 9.97. The number of thiazole rings is 1. The van der Waals surface area contributed by atoms with E-state index in [1.165, 1.54) is 4.88 Å². The third kappa shape index (κ3) is 4.21. The van der Waals surface area contributed by atoms with Crippen molar-refractivity contribution < 1.29 is 4.74 Å². The van der Waals surface area contributed by atoms with Gasteiger partial charge in [-0.25, -0.2) is 4.98 Å². The van der Waals surface area contributed by atoms with Gasteiger partial charge in [0.15, 0.2) is 0 Å². The Hall–Kier alpha value is -1.55. The number of aryl methyl sites for hydroxylation is 2. The molecular formula is C17H24N2OS. The Kier molecular flexibility index (Phi) is 5.23. The molecule has 0 aliphatic heterocycles. The summed E-state index contributed by atoms with van der Waals surface area (Å²) in [6, 6.07) is 8.34. The molecule has 1 heterocycles. The van der Waals surface area contributed by atoms with Crippen LogP contribution >= 0.6 is 11.3 Å². The van der Waals surface area contributed by atoms with Crippen molar-refractivity contribution in [2.75, 3.05) is 11.9 Å². The van der Waals surface area contributed by atoms with Crippen LogP contribution in [0.3, 0.4) is 0 Å². The minimum atomic E-state index is 0.222. The molecule has 4 heteroatoms. The van der Waals surface area contributed by atoms with Crippen molar-refractivity contribution in [2.24, 2.45) is 5.92 Å². The molecule has 1 N–H and O–H groups in total. The molecule has 0 aliphatic rings. The predicted molar refractivity (Wildman–Crippen MR) is 90.4 cm³/mol. The minimum absolute atomic E-state index is 0.222. The summed E-state index contributed by atoms with van der Waals surface area (Å²) in [6.45, 7) is 11.3. The van der Waals surface area contributed by atoms with Crippen molar-refractivity contribution in [3.63, 3.8) is 0 Å². The van der Waals surface area contributed by atoms with Gasteiger partial charge in [0.25, 0.3) is 0 Å². The highest BCUT2D eigenvalue weighted by Crippen LogP contribution is 2.31. The van der Waals surface area contributed by atoms with E-state index < -0.39 is 0 Å². The Balaban J connectivity index is 2.13. The molecule has 114 valence electrons. The lowest BCUT2D eigenvalue weighted by Crippen LogP contribution is -2.10. The Morgan fingerprint density at radius 3 is 2.52 bits per heavy atom. The fourth-order valence-corrected chi connectivity index (χ4v) is 3.15. The molecule has 0 saturated carbocycles. The number of rotatable bonds is 6. The van der Waals surface area contributed by atoms with E-state index in [-0.39, 0.29) is 6.04 Å². The molecule has 0 fully saturated rings. The van der Waals surface area contributed by atoms with Gasteiger partial charge in [0, 0.05) is 4.88 Å². The molecule has 0 radical (unpaired) electrons. The average Bonchev–Trinajstić information content (AvgIpc) is 2.76. The van der Waals surface area contributed by atoms with E-state index in [1.807, 2.05) is 25.1 Å². The third-order valence-electron chi connectivity index (χ3n) is 3.16. The summed E-state index contributed by atoms with van der Waals surface area (Å²) in [5, 5.41) is 4.66. The Morgan fingerprint density at radius 2 is 1.90 bits per heavy atom. The summed E-state index contributed by atoms with van der Waals surface area (Å²) in [4.78, 5) is 5.79. The van der Waals surface area contributed by atoms with Gasteiger partial charge in [0.1, 0.15) is 5.75 Å². The van der Waals surface area contributed by atoms with E-state index in [1.54, 1.807) is 11.3 Å². The van der Waals surface area contributed by atoms with Crippen molar-refractivity contribution in [1.82, 2.24) is 4.98 Å². The summed E-state index contributed by atoms with van der Waals surface area (Å²) in [5.74, 6) is 1.43. The van der Waals surface area contributed by atoms with Gasteiger partial charge in [-0.05, 0) is 38.8 Å². The van der Waals surface area contributed by atoms with Gasteiger partial charge in [-0.2, -0.15) is 0 Å². The molecule has 0 amide bonds. The maximum absolute atomic E-state index is 5.90. The molecule has 21 heavy (non-hydrogen) atoms. The van der Waals surface area contributed by atoms with Gasteiger partial charge in [-0.15, -0.1) is 11.3 Å². The number of ether oxygens (including phenoxy) is 1. The van der Waals surface area contributed by atoms with Gasteiger partial charge in [0.05, 0.1) is 29.0 Å². The van der Waals surface area contributed by atoms with E-state index in [0.717, 1.165) is 28.7 Å². The number of anilines is 1. The van der Waals surface area contributed by atoms with E-state index in [4.69, 9.17) is 4.74 Å². The average molecular weight is 304 g/mol. The molecule has 0 aliphatic carbocycles. The maximum Gasteiger partial charge on any atom is 0.142 e. The molecule has 2 aromatic rings. The van der Waals surface area contributed by atoms with E-state index in [2.05, 4.69) is 44.1 Å². The van der Waals surface area contributed by atoms with Crippen molar-refractivity contribution in [3.8, 4) is 5.75 Å². The molecule has 0 spiro atoms. The van der Waals surface area contributed by atoms with Crippen LogP contribution in [0.2, 0.25) is 0 Å². The zero-order chi connectivity index (χ0) is 15.4. The molecule has 1 unspecified atom stereocenters. The van der Waals surface area contributed by atoms with Gasteiger partial charge in [-0.1, -0.05) is 26.0 Å². The van der Waals surface area contributed by atoms with Crippen LogP contribution in [-0.4, -0.2) is 11.6 Å². The molecule has 0 saturated heterocycles. The standard InChI is InChI=1S/C17H24N2OS/c1-11(2)10-20-16-9-7-6-8-15(16)19-13(4)17-12(3)18-14(5)21-17/h6-9,11,13,19H,10H2,1-5H3. The van der Waals surface area contributed by atoms with Gasteiger partial charge in [-0.3, -0.25) is 0 Å². The van der Waals surface area contributed by atoms with Crippen LogP contribution in [0.15, 0.2) is 24.3 Å². The number of nitrogens with zero attached hydrogens (tertiary/aromatic N) is 1. The highest BCUT2D eigenvalue weighted by molar-refractivity contribution is 7.11. The number of nitrogens with one attached hydrogen (secondary N) is 1. The first-order valence-corrected chi connectivity index (χ1v) is 8.21. The number of hydrogen-bond acceptors (Lipinski definition) is 4. The van der Waals surface area contributed by atoms with Crippen molar-refractivity contribution >= 4 is 17.0 Å². The van der Waals surface area contributed by atoms with Crippen molar-refractivity contribution in [1.29, 1.82) is 0 Å². The van der Waals surface area contributed by atoms with Crippen LogP contribution in [0.25, 0.3) is 0 Å². The fraction of sp³-hybridized carbons (Fsp3) is 0.471. The Labute approximate surface area is 131 Å². The van der Waals surface area contributed by atoms with Crippen LogP contribution in [0.4, 0.5) is 5.69 Å². The molecular weight excluding hydrogens is 280 g/mol. The zero-order valence-electron chi connectivity index (χ0n) is 13.4. The zero-order valence-corrected chi connectivity index (χ0v) is 14.3. The monoisotopic (exact) mass is 304 g/mol. The fourth-order valence-electron chi connectivity index (χ4n) is 2.22. The largest absolute Gasteiger partial charge is 0.491 e. The molecule has 2 rings (SSSR count). The summed E-state index contributed by atoms with van der Waals surface area (Å²) >= 11 is 1.75. The summed E-state index contributed by atoms with van der Waals surface area (Å²) in [5.41, 5.74) is 2.15. The second-order valence-corrected chi connectivity index (χ2v) is 6.98. The molecule has 0 bridgehead atoms. The van der Waals surface area contributed by atoms with Crippen molar-refractivity contribution in [2.45, 2.75) is 40.7 Å². The first kappa shape index (κ1) is 15.8. The SMILES string of the molecule is Cc1nc(C)c(C(C)Nc2ccccc2OCC(C)C)s1. The quantitative estimate of drug-likeness (QED) is 0.818. The second kappa shape index (κ2) is 6.94. The van der Waals surface area contributed by atoms with Crippen LogP contribution in [0.5, 0.6) is 5.75 Å². The molecule has 3 nitrogen and oxygen atoms in total. The summed E-state index contributed by atoms with van der Waals surface area (Å²) in [7, 11) is 0. The lowest BCUT2D eigenvalue weighted by atomic mass is 10.2. The van der Waals surface area contributed by atoms with E-state index in [0.29, 0.717) is 5.92 Å². The van der Waals surface area contributed by atoms with E-state index >= 15 is 0 Å². The van der Waals surface area contributed by atoms with Crippen LogP contribution in [-0.2, 0) is 0 Å². The molecule has 1 aromatic heterocycles. The maximum atomic E-state index is 5.90. The molecule has 1 atom stereocenters. The third-order valence-corrected chi connectivity index (χ3v) is 4.42. The van der Waals surface area contributed by atoms with Gasteiger partial charge >= 0.3 is 0 Å². The predicted octanol–water partition coefficient (Wildman–Crippen LogP) is 4.97. The number of para-hydroxylation sites is 2. The minimum Gasteiger partial charge on any atom is -0.491 e.